The number of nitrogens with two attached hydrogens (primary N) is 1. The average Bonchev–Trinajstić information content (AvgIpc) is 2.55. The number of anilines is 1. The van der Waals surface area contributed by atoms with E-state index in [9.17, 15) is 17.6 Å². The molecular weight excluding hydrogens is 369 g/mol. The Hall–Kier alpha value is -2.00. The van der Waals surface area contributed by atoms with Gasteiger partial charge in [0.2, 0.25) is 15.9 Å². The van der Waals surface area contributed by atoms with Gasteiger partial charge in [-0.05, 0) is 48.9 Å². The lowest BCUT2D eigenvalue weighted by Crippen LogP contribution is -2.29. The molecule has 0 fully saturated rings. The Kier molecular flexibility index (Phi) is 6.49. The average molecular weight is 386 g/mol. The molecule has 2 aromatic carbocycles. The number of sulfonamides is 1. The Morgan fingerprint density at radius 1 is 1.16 bits per heavy atom. The van der Waals surface area contributed by atoms with Gasteiger partial charge >= 0.3 is 0 Å². The molecule has 2 rings (SSSR count). The van der Waals surface area contributed by atoms with Crippen molar-refractivity contribution in [1.82, 2.24) is 5.32 Å². The topological polar surface area (TPSA) is 101 Å². The van der Waals surface area contributed by atoms with Crippen LogP contribution >= 0.6 is 11.6 Å². The van der Waals surface area contributed by atoms with Crippen LogP contribution in [0.5, 0.6) is 0 Å². The number of benzene rings is 2. The Morgan fingerprint density at radius 2 is 1.84 bits per heavy atom. The molecule has 0 saturated carbocycles. The van der Waals surface area contributed by atoms with Crippen LogP contribution < -0.4 is 15.8 Å². The third kappa shape index (κ3) is 6.09. The normalized spacial score (nSPS) is 11.3. The molecule has 0 bridgehead atoms. The number of primary sulfonamides is 1. The van der Waals surface area contributed by atoms with Gasteiger partial charge < -0.3 is 10.6 Å². The van der Waals surface area contributed by atoms with Crippen molar-refractivity contribution in [3.63, 3.8) is 0 Å². The number of carbonyl (C=O) groups excluding carboxylic acids is 1. The minimum Gasteiger partial charge on any atom is -0.325 e. The molecule has 0 aliphatic heterocycles. The summed E-state index contributed by atoms with van der Waals surface area (Å²) in [6, 6.07) is 10.2. The quantitative estimate of drug-likeness (QED) is 0.633. The number of hydrogen-bond acceptors (Lipinski definition) is 4. The van der Waals surface area contributed by atoms with Crippen LogP contribution in [-0.2, 0) is 21.2 Å². The fourth-order valence-electron chi connectivity index (χ4n) is 2.06. The van der Waals surface area contributed by atoms with Gasteiger partial charge in [0.15, 0.2) is 0 Å². The summed E-state index contributed by atoms with van der Waals surface area (Å²) in [6.45, 7) is 0.594. The van der Waals surface area contributed by atoms with Crippen molar-refractivity contribution in [3.05, 3.63) is 58.9 Å². The van der Waals surface area contributed by atoms with E-state index in [2.05, 4.69) is 10.6 Å². The van der Waals surface area contributed by atoms with Crippen molar-refractivity contribution in [3.8, 4) is 0 Å². The van der Waals surface area contributed by atoms with Crippen molar-refractivity contribution < 1.29 is 17.6 Å². The molecule has 0 radical (unpaired) electrons. The van der Waals surface area contributed by atoms with Gasteiger partial charge in [-0.2, -0.15) is 0 Å². The van der Waals surface area contributed by atoms with E-state index >= 15 is 0 Å². The molecule has 134 valence electrons. The molecular formula is C16H17ClFN3O3S. The standard InChI is InChI=1S/C16H17ClFN3O3S/c17-14-9-12(3-6-15(14)18)21-16(22)10-20-8-7-11-1-4-13(5-2-11)25(19,23)24/h1-6,9,20H,7-8,10H2,(H,21,22)(H2,19,23,24). The highest BCUT2D eigenvalue weighted by Crippen LogP contribution is 2.19. The summed E-state index contributed by atoms with van der Waals surface area (Å²) in [4.78, 5) is 11.8. The van der Waals surface area contributed by atoms with Crippen LogP contribution in [0.25, 0.3) is 0 Å². The van der Waals surface area contributed by atoms with E-state index in [4.69, 9.17) is 16.7 Å². The smallest absolute Gasteiger partial charge is 0.238 e. The van der Waals surface area contributed by atoms with Gasteiger partial charge in [-0.1, -0.05) is 23.7 Å². The Labute approximate surface area is 150 Å². The van der Waals surface area contributed by atoms with Gasteiger partial charge in [-0.15, -0.1) is 0 Å². The molecule has 1 amide bonds. The molecule has 6 nitrogen and oxygen atoms in total. The molecule has 0 unspecified atom stereocenters. The highest BCUT2D eigenvalue weighted by molar-refractivity contribution is 7.89. The first-order valence-electron chi connectivity index (χ1n) is 7.33. The maximum absolute atomic E-state index is 13.0. The molecule has 2 aromatic rings. The second-order valence-electron chi connectivity index (χ2n) is 5.29. The first kappa shape index (κ1) is 19.3. The molecule has 4 N–H and O–H groups in total. The molecule has 9 heteroatoms. The molecule has 0 aliphatic rings. The molecule has 0 spiro atoms. The minimum atomic E-state index is -3.69. The zero-order valence-electron chi connectivity index (χ0n) is 13.1. The number of hydrogen-bond donors (Lipinski definition) is 3. The van der Waals surface area contributed by atoms with Crippen LogP contribution in [0.2, 0.25) is 5.02 Å². The summed E-state index contributed by atoms with van der Waals surface area (Å²) < 4.78 is 35.4. The van der Waals surface area contributed by atoms with Crippen LogP contribution in [-0.4, -0.2) is 27.4 Å². The lowest BCUT2D eigenvalue weighted by Gasteiger charge is -2.08. The highest BCUT2D eigenvalue weighted by Gasteiger charge is 2.07. The van der Waals surface area contributed by atoms with Crippen molar-refractivity contribution in [1.29, 1.82) is 0 Å². The highest BCUT2D eigenvalue weighted by atomic mass is 35.5. The molecule has 0 atom stereocenters. The van der Waals surface area contributed by atoms with Crippen molar-refractivity contribution in [2.45, 2.75) is 11.3 Å². The summed E-state index contributed by atoms with van der Waals surface area (Å²) >= 11 is 5.64. The predicted octanol–water partition coefficient (Wildman–Crippen LogP) is 1.90. The SMILES string of the molecule is NS(=O)(=O)c1ccc(CCNCC(=O)Nc2ccc(F)c(Cl)c2)cc1. The monoisotopic (exact) mass is 385 g/mol. The Morgan fingerprint density at radius 3 is 2.44 bits per heavy atom. The number of amides is 1. The second kappa shape index (κ2) is 8.39. The maximum Gasteiger partial charge on any atom is 0.238 e. The van der Waals surface area contributed by atoms with Gasteiger partial charge in [-0.3, -0.25) is 4.79 Å². The van der Waals surface area contributed by atoms with Gasteiger partial charge in [0.25, 0.3) is 0 Å². The van der Waals surface area contributed by atoms with Gasteiger partial charge in [0.05, 0.1) is 16.5 Å². The molecule has 0 saturated heterocycles. The van der Waals surface area contributed by atoms with Crippen LogP contribution in [0.4, 0.5) is 10.1 Å². The lowest BCUT2D eigenvalue weighted by atomic mass is 10.1. The predicted molar refractivity (Wildman–Crippen MR) is 94.4 cm³/mol. The van der Waals surface area contributed by atoms with E-state index < -0.39 is 15.8 Å². The van der Waals surface area contributed by atoms with E-state index in [1.54, 1.807) is 12.1 Å². The van der Waals surface area contributed by atoms with Crippen LogP contribution in [0.3, 0.4) is 0 Å². The number of nitrogens with one attached hydrogen (secondary N) is 2. The van der Waals surface area contributed by atoms with Crippen molar-refractivity contribution in [2.24, 2.45) is 5.14 Å². The zero-order chi connectivity index (χ0) is 18.4. The number of halogens is 2. The van der Waals surface area contributed by atoms with Crippen molar-refractivity contribution in [2.75, 3.05) is 18.4 Å². The summed E-state index contributed by atoms with van der Waals surface area (Å²) in [6.07, 6.45) is 0.612. The van der Waals surface area contributed by atoms with Gasteiger partial charge in [-0.25, -0.2) is 17.9 Å². The maximum atomic E-state index is 13.0. The third-order valence-corrected chi connectivity index (χ3v) is 4.55. The Bertz CT molecular complexity index is 857. The first-order chi connectivity index (χ1) is 11.8. The molecule has 0 aromatic heterocycles. The van der Waals surface area contributed by atoms with Crippen molar-refractivity contribution >= 4 is 33.2 Å². The minimum absolute atomic E-state index is 0.0570. The van der Waals surface area contributed by atoms with Crippen LogP contribution in [0.1, 0.15) is 5.56 Å². The fourth-order valence-corrected chi connectivity index (χ4v) is 2.76. The largest absolute Gasteiger partial charge is 0.325 e. The Balaban J connectivity index is 1.75. The van der Waals surface area contributed by atoms with E-state index in [0.29, 0.717) is 18.7 Å². The van der Waals surface area contributed by atoms with E-state index in [1.807, 2.05) is 0 Å². The summed E-state index contributed by atoms with van der Waals surface area (Å²) in [7, 11) is -3.69. The van der Waals surface area contributed by atoms with E-state index in [1.165, 1.54) is 30.3 Å². The van der Waals surface area contributed by atoms with E-state index in [0.717, 1.165) is 5.56 Å². The summed E-state index contributed by atoms with van der Waals surface area (Å²) in [5.41, 5.74) is 1.32. The fraction of sp³-hybridized carbons (Fsp3) is 0.188. The number of rotatable bonds is 7. The lowest BCUT2D eigenvalue weighted by molar-refractivity contribution is -0.115. The van der Waals surface area contributed by atoms with Gasteiger partial charge in [0, 0.05) is 5.69 Å². The summed E-state index contributed by atoms with van der Waals surface area (Å²) in [5.74, 6) is -0.835. The molecule has 0 aliphatic carbocycles. The second-order valence-corrected chi connectivity index (χ2v) is 7.26. The number of carbonyl (C=O) groups is 1. The van der Waals surface area contributed by atoms with Crippen LogP contribution in [0, 0.1) is 5.82 Å². The van der Waals surface area contributed by atoms with E-state index in [-0.39, 0.29) is 22.4 Å². The first-order valence-corrected chi connectivity index (χ1v) is 9.25. The van der Waals surface area contributed by atoms with Gasteiger partial charge in [0.1, 0.15) is 5.82 Å². The zero-order valence-corrected chi connectivity index (χ0v) is 14.7. The molecule has 25 heavy (non-hydrogen) atoms. The third-order valence-electron chi connectivity index (χ3n) is 3.33. The van der Waals surface area contributed by atoms with Crippen LogP contribution in [0.15, 0.2) is 47.4 Å². The summed E-state index contributed by atoms with van der Waals surface area (Å²) in [5, 5.41) is 10.5. The molecule has 0 heterocycles.